The molecule has 1 heterocycles. The van der Waals surface area contributed by atoms with Crippen LogP contribution in [-0.2, 0) is 14.8 Å². The summed E-state index contributed by atoms with van der Waals surface area (Å²) in [5.41, 5.74) is 1.40. The van der Waals surface area contributed by atoms with Crippen LogP contribution in [0.4, 0.5) is 18.9 Å². The van der Waals surface area contributed by atoms with Crippen molar-refractivity contribution in [2.75, 3.05) is 10.8 Å². The molecule has 4 rings (SSSR count). The molecular weight excluding hydrogens is 511 g/mol. The number of benzene rings is 3. The van der Waals surface area contributed by atoms with Gasteiger partial charge in [-0.2, -0.15) is 8.78 Å². The molecule has 0 aliphatic carbocycles. The molecule has 1 aliphatic heterocycles. The third-order valence-electron chi connectivity index (χ3n) is 5.99. The first kappa shape index (κ1) is 26.3. The number of halogens is 3. The molecule has 196 valence electrons. The summed E-state index contributed by atoms with van der Waals surface area (Å²) < 4.78 is 78.6. The Labute approximate surface area is 212 Å². The number of hydrogen-bond acceptors (Lipinski definition) is 5. The molecule has 3 aromatic rings. The predicted molar refractivity (Wildman–Crippen MR) is 130 cm³/mol. The maximum atomic E-state index is 14.2. The Kier molecular flexibility index (Phi) is 7.35. The Morgan fingerprint density at radius 3 is 2.57 bits per heavy atom. The van der Waals surface area contributed by atoms with Gasteiger partial charge in [0.1, 0.15) is 23.4 Å². The molecule has 0 saturated heterocycles. The fourth-order valence-electron chi connectivity index (χ4n) is 4.19. The number of carboxylic acids is 1. The number of anilines is 1. The van der Waals surface area contributed by atoms with E-state index in [0.717, 1.165) is 22.0 Å². The predicted octanol–water partition coefficient (Wildman–Crippen LogP) is 5.47. The van der Waals surface area contributed by atoms with Crippen LogP contribution in [0.25, 0.3) is 11.1 Å². The molecular formula is C26H24F3NO6S. The van der Waals surface area contributed by atoms with Crippen molar-refractivity contribution in [1.82, 2.24) is 0 Å². The molecule has 0 unspecified atom stereocenters. The lowest BCUT2D eigenvalue weighted by Gasteiger charge is -2.38. The highest BCUT2D eigenvalue weighted by Gasteiger charge is 2.37. The lowest BCUT2D eigenvalue weighted by molar-refractivity contribution is -0.138. The molecule has 37 heavy (non-hydrogen) atoms. The van der Waals surface area contributed by atoms with Gasteiger partial charge in [-0.15, -0.1) is 0 Å². The third kappa shape index (κ3) is 5.82. The summed E-state index contributed by atoms with van der Waals surface area (Å²) in [6, 6.07) is 14.0. The Morgan fingerprint density at radius 2 is 1.89 bits per heavy atom. The number of fused-ring (bicyclic) bond motifs is 1. The van der Waals surface area contributed by atoms with Gasteiger partial charge in [0, 0.05) is 12.0 Å². The first-order chi connectivity index (χ1) is 17.4. The number of ether oxygens (including phenoxy) is 2. The first-order valence-corrected chi connectivity index (χ1v) is 12.8. The molecule has 0 aromatic heterocycles. The molecule has 0 radical (unpaired) electrons. The maximum absolute atomic E-state index is 14.2. The number of hydrogen-bond donors (Lipinski definition) is 1. The van der Waals surface area contributed by atoms with E-state index in [1.165, 1.54) is 36.4 Å². The summed E-state index contributed by atoms with van der Waals surface area (Å²) in [4.78, 5) is 11.3. The van der Waals surface area contributed by atoms with E-state index in [1.54, 1.807) is 26.0 Å². The summed E-state index contributed by atoms with van der Waals surface area (Å²) in [6.45, 7) is 0.105. The van der Waals surface area contributed by atoms with Crippen LogP contribution in [0.1, 0.15) is 18.9 Å². The monoisotopic (exact) mass is 535 g/mol. The quantitative estimate of drug-likeness (QED) is 0.411. The molecule has 0 bridgehead atoms. The zero-order chi connectivity index (χ0) is 26.9. The van der Waals surface area contributed by atoms with Crippen LogP contribution in [0.5, 0.6) is 11.5 Å². The van der Waals surface area contributed by atoms with Gasteiger partial charge in [0.15, 0.2) is 0 Å². The van der Waals surface area contributed by atoms with Crippen molar-refractivity contribution in [1.29, 1.82) is 0 Å². The first-order valence-electron chi connectivity index (χ1n) is 11.3. The zero-order valence-corrected chi connectivity index (χ0v) is 20.7. The summed E-state index contributed by atoms with van der Waals surface area (Å²) in [7, 11) is -4.12. The average Bonchev–Trinajstić information content (AvgIpc) is 2.81. The van der Waals surface area contributed by atoms with Gasteiger partial charge in [0.05, 0.1) is 23.5 Å². The number of carboxylic acid groups (broad SMARTS) is 1. The van der Waals surface area contributed by atoms with Crippen LogP contribution in [0.15, 0.2) is 65.6 Å². The minimum absolute atomic E-state index is 0.0359. The molecule has 1 aliphatic rings. The van der Waals surface area contributed by atoms with Crippen molar-refractivity contribution < 1.29 is 41.0 Å². The SMILES string of the molecule is Cc1cccc(S(=O)(=O)N2C[C@H]([C@@H](C)CC(=O)O)Oc3ccc(-c4cc(F)cc(OC(F)F)c4)cc32)c1. The lowest BCUT2D eigenvalue weighted by atomic mass is 9.98. The number of carbonyl (C=O) groups is 1. The minimum Gasteiger partial charge on any atom is -0.486 e. The lowest BCUT2D eigenvalue weighted by Crippen LogP contribution is -2.46. The zero-order valence-electron chi connectivity index (χ0n) is 19.9. The molecule has 7 nitrogen and oxygen atoms in total. The van der Waals surface area contributed by atoms with E-state index >= 15 is 0 Å². The minimum atomic E-state index is -4.12. The van der Waals surface area contributed by atoms with Crippen molar-refractivity contribution in [3.63, 3.8) is 0 Å². The van der Waals surface area contributed by atoms with E-state index in [9.17, 15) is 31.5 Å². The second kappa shape index (κ2) is 10.3. The van der Waals surface area contributed by atoms with Crippen LogP contribution >= 0.6 is 0 Å². The van der Waals surface area contributed by atoms with Gasteiger partial charge < -0.3 is 14.6 Å². The van der Waals surface area contributed by atoms with Crippen LogP contribution in [0.3, 0.4) is 0 Å². The number of alkyl halides is 2. The Hall–Kier alpha value is -3.73. The van der Waals surface area contributed by atoms with E-state index in [1.807, 2.05) is 0 Å². The highest BCUT2D eigenvalue weighted by atomic mass is 32.2. The van der Waals surface area contributed by atoms with Crippen molar-refractivity contribution in [2.24, 2.45) is 5.92 Å². The normalized spacial score (nSPS) is 16.2. The van der Waals surface area contributed by atoms with E-state index in [-0.39, 0.29) is 40.6 Å². The molecule has 2 atom stereocenters. The maximum Gasteiger partial charge on any atom is 0.387 e. The van der Waals surface area contributed by atoms with Gasteiger partial charge in [-0.25, -0.2) is 12.8 Å². The fourth-order valence-corrected chi connectivity index (χ4v) is 5.77. The van der Waals surface area contributed by atoms with Crippen molar-refractivity contribution >= 4 is 21.7 Å². The average molecular weight is 536 g/mol. The van der Waals surface area contributed by atoms with Crippen LogP contribution in [0.2, 0.25) is 0 Å². The summed E-state index contributed by atoms with van der Waals surface area (Å²) in [5, 5.41) is 9.23. The Balaban J connectivity index is 1.82. The number of sulfonamides is 1. The smallest absolute Gasteiger partial charge is 0.387 e. The van der Waals surface area contributed by atoms with Crippen molar-refractivity contribution in [3.05, 3.63) is 72.0 Å². The number of aryl methyl sites for hydroxylation is 1. The van der Waals surface area contributed by atoms with E-state index in [0.29, 0.717) is 5.56 Å². The van der Waals surface area contributed by atoms with Gasteiger partial charge in [-0.05, 0) is 60.0 Å². The van der Waals surface area contributed by atoms with E-state index < -0.39 is 40.4 Å². The van der Waals surface area contributed by atoms with Crippen molar-refractivity contribution in [2.45, 2.75) is 37.9 Å². The molecule has 0 amide bonds. The van der Waals surface area contributed by atoms with Gasteiger partial charge in [0.25, 0.3) is 10.0 Å². The van der Waals surface area contributed by atoms with Gasteiger partial charge in [0.2, 0.25) is 0 Å². The number of nitrogens with zero attached hydrogens (tertiary/aromatic N) is 1. The summed E-state index contributed by atoms with van der Waals surface area (Å²) in [6.07, 6.45) is -0.985. The Bertz CT molecular complexity index is 1430. The molecule has 0 fully saturated rings. The van der Waals surface area contributed by atoms with E-state index in [2.05, 4.69) is 4.74 Å². The second-order valence-electron chi connectivity index (χ2n) is 8.82. The highest BCUT2D eigenvalue weighted by molar-refractivity contribution is 7.92. The van der Waals surface area contributed by atoms with Gasteiger partial charge >= 0.3 is 12.6 Å². The van der Waals surface area contributed by atoms with Gasteiger partial charge in [-0.3, -0.25) is 9.10 Å². The standard InChI is InChI=1S/C26H24F3NO6S/c1-15-4-3-5-21(8-15)37(33,34)30-14-24(16(2)9-25(31)32)36-23-7-6-17(12-22(23)30)18-10-19(27)13-20(11-18)35-26(28)29/h3-8,10-13,16,24,26H,9,14H2,1-2H3,(H,31,32)/t16-,24+/m0/s1. The second-order valence-corrected chi connectivity index (χ2v) is 10.7. The van der Waals surface area contributed by atoms with Crippen LogP contribution in [0, 0.1) is 18.7 Å². The number of aliphatic carboxylic acids is 1. The molecule has 1 N–H and O–H groups in total. The van der Waals surface area contributed by atoms with Gasteiger partial charge in [-0.1, -0.05) is 25.1 Å². The highest BCUT2D eigenvalue weighted by Crippen LogP contribution is 2.42. The van der Waals surface area contributed by atoms with Crippen LogP contribution < -0.4 is 13.8 Å². The largest absolute Gasteiger partial charge is 0.486 e. The van der Waals surface area contributed by atoms with Crippen LogP contribution in [-0.4, -0.2) is 38.8 Å². The number of rotatable bonds is 8. The topological polar surface area (TPSA) is 93.1 Å². The fraction of sp³-hybridized carbons (Fsp3) is 0.269. The molecule has 11 heteroatoms. The molecule has 0 saturated carbocycles. The Morgan fingerprint density at radius 1 is 1.14 bits per heavy atom. The third-order valence-corrected chi connectivity index (χ3v) is 7.77. The molecule has 3 aromatic carbocycles. The van der Waals surface area contributed by atoms with E-state index in [4.69, 9.17) is 4.74 Å². The summed E-state index contributed by atoms with van der Waals surface area (Å²) in [5.74, 6) is -2.57. The molecule has 0 spiro atoms. The van der Waals surface area contributed by atoms with Crippen molar-refractivity contribution in [3.8, 4) is 22.6 Å². The summed E-state index contributed by atoms with van der Waals surface area (Å²) >= 11 is 0.